The Balaban J connectivity index is 2.05. The molecule has 0 radical (unpaired) electrons. The lowest BCUT2D eigenvalue weighted by Gasteiger charge is -2.10. The molecule has 1 N–H and O–H groups in total. The third-order valence-corrected chi connectivity index (χ3v) is 3.91. The minimum atomic E-state index is -2.59. The van der Waals surface area contributed by atoms with Crippen molar-refractivity contribution in [2.45, 2.75) is 6.43 Å². The number of amidine groups is 1. The predicted molar refractivity (Wildman–Crippen MR) is 95.4 cm³/mol. The zero-order valence-corrected chi connectivity index (χ0v) is 15.1. The maximum atomic E-state index is 12.2. The molecule has 0 spiro atoms. The fourth-order valence-electron chi connectivity index (χ4n) is 1.83. The Kier molecular flexibility index (Phi) is 7.29. The lowest BCUT2D eigenvalue weighted by Crippen LogP contribution is -2.19. The Morgan fingerprint density at radius 2 is 2.11 bits per heavy atom. The first-order valence-corrected chi connectivity index (χ1v) is 8.23. The van der Waals surface area contributed by atoms with Crippen LogP contribution in [0.1, 0.15) is 5.56 Å². The van der Waals surface area contributed by atoms with Gasteiger partial charge in [-0.15, -0.1) is 5.10 Å². The van der Waals surface area contributed by atoms with Gasteiger partial charge in [0.25, 0.3) is 12.3 Å². The molecule has 2 rings (SSSR count). The Hall–Kier alpha value is -2.95. The largest absolute Gasteiger partial charge is 0.493 e. The Morgan fingerprint density at radius 3 is 2.78 bits per heavy atom. The Labute approximate surface area is 157 Å². The van der Waals surface area contributed by atoms with E-state index in [1.54, 1.807) is 6.07 Å². The van der Waals surface area contributed by atoms with Gasteiger partial charge in [-0.05, 0) is 35.5 Å². The number of halogens is 2. The first kappa shape index (κ1) is 20.4. The molecule has 1 aromatic rings. The van der Waals surface area contributed by atoms with Gasteiger partial charge < -0.3 is 14.2 Å². The second-order valence-electron chi connectivity index (χ2n) is 4.85. The molecule has 27 heavy (non-hydrogen) atoms. The summed E-state index contributed by atoms with van der Waals surface area (Å²) in [5.41, 5.74) is 0.570. The number of hydrogen-bond donors (Lipinski definition) is 1. The van der Waals surface area contributed by atoms with E-state index in [0.717, 1.165) is 17.8 Å². The molecule has 1 saturated heterocycles. The number of ether oxygens (including phenoxy) is 3. The van der Waals surface area contributed by atoms with E-state index < -0.39 is 24.9 Å². The van der Waals surface area contributed by atoms with E-state index in [4.69, 9.17) is 9.47 Å². The van der Waals surface area contributed by atoms with Crippen LogP contribution in [0.15, 0.2) is 39.4 Å². The second-order valence-corrected chi connectivity index (χ2v) is 5.88. The van der Waals surface area contributed by atoms with Crippen molar-refractivity contribution in [1.82, 2.24) is 5.32 Å². The zero-order chi connectivity index (χ0) is 19.8. The highest BCUT2D eigenvalue weighted by Crippen LogP contribution is 2.28. The van der Waals surface area contributed by atoms with Crippen LogP contribution >= 0.6 is 11.8 Å². The average molecular weight is 399 g/mol. The molecule has 8 nitrogen and oxygen atoms in total. The van der Waals surface area contributed by atoms with Crippen molar-refractivity contribution in [2.75, 3.05) is 20.8 Å². The van der Waals surface area contributed by atoms with E-state index >= 15 is 0 Å². The number of esters is 1. The normalized spacial score (nSPS) is 17.0. The van der Waals surface area contributed by atoms with E-state index in [0.29, 0.717) is 5.56 Å². The van der Waals surface area contributed by atoms with Crippen molar-refractivity contribution in [3.05, 3.63) is 34.7 Å². The van der Waals surface area contributed by atoms with Crippen molar-refractivity contribution >= 4 is 35.0 Å². The number of carbonyl (C=O) groups is 2. The van der Waals surface area contributed by atoms with Crippen LogP contribution in [-0.2, 0) is 14.3 Å². The number of carbonyl (C=O) groups excluding carboxylic acids is 2. The molecular weight excluding hydrogens is 384 g/mol. The molecule has 0 unspecified atom stereocenters. The van der Waals surface area contributed by atoms with E-state index in [1.807, 2.05) is 0 Å². The van der Waals surface area contributed by atoms with Crippen LogP contribution in [0.25, 0.3) is 0 Å². The first-order chi connectivity index (χ1) is 12.9. The van der Waals surface area contributed by atoms with E-state index in [9.17, 15) is 18.4 Å². The van der Waals surface area contributed by atoms with Gasteiger partial charge in [0, 0.05) is 6.08 Å². The van der Waals surface area contributed by atoms with Crippen molar-refractivity contribution in [1.29, 1.82) is 0 Å². The summed E-state index contributed by atoms with van der Waals surface area (Å²) < 4.78 is 39.0. The fraction of sp³-hybridized carbons (Fsp3) is 0.250. The van der Waals surface area contributed by atoms with Gasteiger partial charge in [-0.1, -0.05) is 0 Å². The summed E-state index contributed by atoms with van der Waals surface area (Å²) in [6.07, 6.45) is -0.167. The average Bonchev–Trinajstić information content (AvgIpc) is 2.99. The van der Waals surface area contributed by atoms with Gasteiger partial charge in [0.15, 0.2) is 16.7 Å². The number of rotatable bonds is 7. The lowest BCUT2D eigenvalue weighted by molar-refractivity contribution is -0.135. The molecule has 0 aliphatic carbocycles. The third-order valence-electron chi connectivity index (χ3n) is 3.01. The minimum absolute atomic E-state index is 0.137. The number of alkyl halides is 2. The van der Waals surface area contributed by atoms with Crippen LogP contribution in [0.3, 0.4) is 0 Å². The Morgan fingerprint density at radius 1 is 1.33 bits per heavy atom. The molecule has 0 saturated carbocycles. The van der Waals surface area contributed by atoms with Gasteiger partial charge in [-0.25, -0.2) is 13.6 Å². The summed E-state index contributed by atoms with van der Waals surface area (Å²) in [7, 11) is 2.58. The lowest BCUT2D eigenvalue weighted by atomic mass is 10.2. The molecule has 11 heteroatoms. The summed E-state index contributed by atoms with van der Waals surface area (Å²) >= 11 is 0.937. The first-order valence-electron chi connectivity index (χ1n) is 7.41. The van der Waals surface area contributed by atoms with Gasteiger partial charge in [0.2, 0.25) is 0 Å². The van der Waals surface area contributed by atoms with Gasteiger partial charge in [-0.2, -0.15) is 5.10 Å². The molecule has 0 atom stereocenters. The topological polar surface area (TPSA) is 98.6 Å². The number of thioether (sulfide) groups is 1. The van der Waals surface area contributed by atoms with Gasteiger partial charge >= 0.3 is 5.97 Å². The van der Waals surface area contributed by atoms with Crippen LogP contribution < -0.4 is 14.8 Å². The van der Waals surface area contributed by atoms with E-state index in [-0.39, 0.29) is 21.6 Å². The summed E-state index contributed by atoms with van der Waals surface area (Å²) in [4.78, 5) is 23.0. The highest BCUT2D eigenvalue weighted by atomic mass is 32.2. The van der Waals surface area contributed by atoms with Crippen LogP contribution in [0.2, 0.25) is 0 Å². The van der Waals surface area contributed by atoms with E-state index in [1.165, 1.54) is 32.6 Å². The molecule has 1 amide bonds. The van der Waals surface area contributed by atoms with Crippen molar-refractivity contribution in [3.63, 3.8) is 0 Å². The molecule has 1 heterocycles. The number of amides is 1. The third kappa shape index (κ3) is 6.06. The molecule has 1 aromatic carbocycles. The quantitative estimate of drug-likeness (QED) is 0.326. The van der Waals surface area contributed by atoms with Crippen LogP contribution in [0.4, 0.5) is 8.78 Å². The van der Waals surface area contributed by atoms with Crippen molar-refractivity contribution in [2.24, 2.45) is 10.2 Å². The molecule has 0 bridgehead atoms. The van der Waals surface area contributed by atoms with Crippen LogP contribution in [0.5, 0.6) is 11.5 Å². The molecular formula is C16H15F2N3O5S. The molecule has 1 fully saturated rings. The monoisotopic (exact) mass is 399 g/mol. The molecule has 0 aromatic heterocycles. The predicted octanol–water partition coefficient (Wildman–Crippen LogP) is 1.95. The van der Waals surface area contributed by atoms with Gasteiger partial charge in [-0.3, -0.25) is 10.1 Å². The maximum Gasteiger partial charge on any atom is 0.331 e. The van der Waals surface area contributed by atoms with Crippen LogP contribution in [-0.4, -0.2) is 50.5 Å². The number of methoxy groups -OCH3 is 2. The second kappa shape index (κ2) is 9.67. The highest BCUT2D eigenvalue weighted by Gasteiger charge is 2.25. The highest BCUT2D eigenvalue weighted by molar-refractivity contribution is 8.18. The van der Waals surface area contributed by atoms with Gasteiger partial charge in [0.1, 0.15) is 6.61 Å². The van der Waals surface area contributed by atoms with Crippen LogP contribution in [0, 0.1) is 0 Å². The summed E-state index contributed by atoms with van der Waals surface area (Å²) in [6, 6.07) is 4.59. The van der Waals surface area contributed by atoms with E-state index in [2.05, 4.69) is 20.3 Å². The molecule has 1 aliphatic rings. The molecule has 144 valence electrons. The minimum Gasteiger partial charge on any atom is -0.493 e. The standard InChI is InChI=1S/C16H15F2N3O5S/c1-24-11-5-9(3-4-10(11)26-8-13(17)18)7-19-21-16-20-15(23)12(27-16)6-14(22)25-2/h3-7,13H,8H2,1-2H3,(H,20,21,23)/b12-6+,19-7?. The van der Waals surface area contributed by atoms with Crippen molar-refractivity contribution < 1.29 is 32.6 Å². The molecule has 1 aliphatic heterocycles. The number of nitrogens with zero attached hydrogens (tertiary/aromatic N) is 2. The number of hydrogen-bond acceptors (Lipinski definition) is 8. The zero-order valence-electron chi connectivity index (χ0n) is 14.3. The Bertz CT molecular complexity index is 811. The summed E-state index contributed by atoms with van der Waals surface area (Å²) in [6.45, 7) is -0.740. The number of benzene rings is 1. The number of nitrogens with one attached hydrogen (secondary N) is 1. The maximum absolute atomic E-state index is 12.2. The summed E-state index contributed by atoms with van der Waals surface area (Å²) in [5.74, 6) is -0.697. The fourth-order valence-corrected chi connectivity index (χ4v) is 2.56. The van der Waals surface area contributed by atoms with Gasteiger partial charge in [0.05, 0.1) is 25.3 Å². The van der Waals surface area contributed by atoms with Crippen molar-refractivity contribution in [3.8, 4) is 11.5 Å². The summed E-state index contributed by atoms with van der Waals surface area (Å²) in [5, 5.41) is 10.3. The SMILES string of the molecule is COC(=O)/C=C1/S/C(=N\N=Cc2ccc(OCC(F)F)c(OC)c2)NC1=O. The smallest absolute Gasteiger partial charge is 0.331 e.